The van der Waals surface area contributed by atoms with E-state index >= 15 is 0 Å². The van der Waals surface area contributed by atoms with Crippen molar-refractivity contribution < 1.29 is 10.0 Å². The van der Waals surface area contributed by atoms with Crippen molar-refractivity contribution in [1.82, 2.24) is 4.98 Å². The molecule has 2 rings (SSSR count). The Balaban J connectivity index is 2.17. The number of hydrogen-bond donors (Lipinski definition) is 2. The summed E-state index contributed by atoms with van der Waals surface area (Å²) in [4.78, 5) is 14.1. The maximum atomic E-state index is 10.7. The highest BCUT2D eigenvalue weighted by atomic mass is 16.6. The van der Waals surface area contributed by atoms with Crippen LogP contribution >= 0.6 is 0 Å². The van der Waals surface area contributed by atoms with Gasteiger partial charge in [0.05, 0.1) is 4.92 Å². The molecule has 0 saturated heterocycles. The molecular formula is C13H16N4O3. The first-order chi connectivity index (χ1) is 9.65. The molecule has 2 N–H and O–H groups in total. The quantitative estimate of drug-likeness (QED) is 0.640. The zero-order valence-corrected chi connectivity index (χ0v) is 11.0. The van der Waals surface area contributed by atoms with Gasteiger partial charge >= 0.3 is 5.69 Å². The fraction of sp³-hybridized carbons (Fsp3) is 0.538. The minimum Gasteiger partial charge on any atom is -0.396 e. The van der Waals surface area contributed by atoms with Crippen molar-refractivity contribution in [2.24, 2.45) is 5.92 Å². The van der Waals surface area contributed by atoms with Crippen molar-refractivity contribution in [3.63, 3.8) is 0 Å². The second-order valence-electron chi connectivity index (χ2n) is 4.91. The number of pyridine rings is 1. The second-order valence-corrected chi connectivity index (χ2v) is 4.91. The van der Waals surface area contributed by atoms with Gasteiger partial charge < -0.3 is 10.4 Å². The summed E-state index contributed by atoms with van der Waals surface area (Å²) in [7, 11) is 0. The molecule has 0 aliphatic heterocycles. The molecule has 0 amide bonds. The number of aliphatic hydroxyl groups is 1. The van der Waals surface area contributed by atoms with Crippen molar-refractivity contribution >= 4 is 11.5 Å². The Kier molecular flexibility index (Phi) is 4.48. The van der Waals surface area contributed by atoms with Gasteiger partial charge in [-0.2, -0.15) is 5.26 Å². The first kappa shape index (κ1) is 14.2. The highest BCUT2D eigenvalue weighted by Gasteiger charge is 2.25. The average Bonchev–Trinajstić information content (AvgIpc) is 2.47. The van der Waals surface area contributed by atoms with Crippen LogP contribution < -0.4 is 5.32 Å². The Hall–Kier alpha value is -2.20. The summed E-state index contributed by atoms with van der Waals surface area (Å²) >= 11 is 0. The molecule has 2 unspecified atom stereocenters. The van der Waals surface area contributed by atoms with Gasteiger partial charge in [-0.3, -0.25) is 10.1 Å². The predicted molar refractivity (Wildman–Crippen MR) is 72.1 cm³/mol. The van der Waals surface area contributed by atoms with Gasteiger partial charge in [0.2, 0.25) is 5.69 Å². The summed E-state index contributed by atoms with van der Waals surface area (Å²) < 4.78 is 0. The number of anilines is 1. The zero-order valence-electron chi connectivity index (χ0n) is 11.0. The number of nitriles is 1. The van der Waals surface area contributed by atoms with Crippen LogP contribution in [0.15, 0.2) is 12.1 Å². The molecule has 7 heteroatoms. The zero-order chi connectivity index (χ0) is 14.5. The molecule has 0 bridgehead atoms. The van der Waals surface area contributed by atoms with Crippen molar-refractivity contribution in [3.05, 3.63) is 27.9 Å². The monoisotopic (exact) mass is 276 g/mol. The van der Waals surface area contributed by atoms with E-state index in [9.17, 15) is 15.2 Å². The first-order valence-electron chi connectivity index (χ1n) is 6.58. The molecule has 7 nitrogen and oxygen atoms in total. The van der Waals surface area contributed by atoms with E-state index < -0.39 is 4.92 Å². The lowest BCUT2D eigenvalue weighted by Crippen LogP contribution is -2.34. The van der Waals surface area contributed by atoms with E-state index in [0.717, 1.165) is 25.7 Å². The number of nitrogens with one attached hydrogen (secondary N) is 1. The third kappa shape index (κ3) is 3.03. The fourth-order valence-corrected chi connectivity index (χ4v) is 2.57. The number of aliphatic hydroxyl groups excluding tert-OH is 1. The van der Waals surface area contributed by atoms with Crippen molar-refractivity contribution in [1.29, 1.82) is 5.26 Å². The molecule has 1 saturated carbocycles. The number of rotatable bonds is 4. The lowest BCUT2D eigenvalue weighted by Gasteiger charge is -2.31. The number of nitro groups is 1. The molecule has 0 aromatic carbocycles. The summed E-state index contributed by atoms with van der Waals surface area (Å²) in [5.41, 5.74) is -0.489. The molecule has 20 heavy (non-hydrogen) atoms. The summed E-state index contributed by atoms with van der Waals surface area (Å²) in [6.07, 6.45) is 4.05. The third-order valence-corrected chi connectivity index (χ3v) is 3.65. The maximum absolute atomic E-state index is 10.7. The fourth-order valence-electron chi connectivity index (χ4n) is 2.57. The molecule has 1 aliphatic rings. The van der Waals surface area contributed by atoms with Gasteiger partial charge in [-0.05, 0) is 18.9 Å². The van der Waals surface area contributed by atoms with Gasteiger partial charge in [-0.1, -0.05) is 12.8 Å². The van der Waals surface area contributed by atoms with Crippen LogP contribution in [0.1, 0.15) is 31.4 Å². The minimum atomic E-state index is -0.619. The van der Waals surface area contributed by atoms with E-state index in [1.807, 2.05) is 0 Å². The number of hydrogen-bond acceptors (Lipinski definition) is 6. The molecular weight excluding hydrogens is 260 g/mol. The Morgan fingerprint density at radius 2 is 2.25 bits per heavy atom. The highest BCUT2D eigenvalue weighted by Crippen LogP contribution is 2.27. The Labute approximate surface area is 116 Å². The Morgan fingerprint density at radius 1 is 1.50 bits per heavy atom. The molecule has 1 aromatic rings. The number of aromatic nitrogens is 1. The molecule has 0 radical (unpaired) electrons. The van der Waals surface area contributed by atoms with Crippen LogP contribution in [0.4, 0.5) is 11.5 Å². The predicted octanol–water partition coefficient (Wildman–Crippen LogP) is 1.82. The molecule has 1 aromatic heterocycles. The number of nitrogens with zero attached hydrogens (tertiary/aromatic N) is 3. The van der Waals surface area contributed by atoms with Gasteiger partial charge in [-0.15, -0.1) is 0 Å². The van der Waals surface area contributed by atoms with Gasteiger partial charge in [0.25, 0.3) is 0 Å². The van der Waals surface area contributed by atoms with Gasteiger partial charge in [0.15, 0.2) is 0 Å². The summed E-state index contributed by atoms with van der Waals surface area (Å²) in [6, 6.07) is 4.61. The summed E-state index contributed by atoms with van der Waals surface area (Å²) in [5, 5.41) is 32.2. The molecule has 0 spiro atoms. The van der Waals surface area contributed by atoms with Crippen molar-refractivity contribution in [3.8, 4) is 6.07 Å². The van der Waals surface area contributed by atoms with Crippen LogP contribution in [-0.2, 0) is 0 Å². The van der Waals surface area contributed by atoms with Crippen LogP contribution in [0, 0.1) is 27.4 Å². The Morgan fingerprint density at radius 3 is 2.90 bits per heavy atom. The maximum Gasteiger partial charge on any atom is 0.305 e. The minimum absolute atomic E-state index is 0.0919. The van der Waals surface area contributed by atoms with Crippen LogP contribution in [-0.4, -0.2) is 27.7 Å². The van der Waals surface area contributed by atoms with E-state index in [1.54, 1.807) is 6.07 Å². The first-order valence-corrected chi connectivity index (χ1v) is 6.58. The summed E-state index contributed by atoms with van der Waals surface area (Å²) in [6.45, 7) is 0.107. The van der Waals surface area contributed by atoms with E-state index in [2.05, 4.69) is 10.3 Å². The smallest absolute Gasteiger partial charge is 0.305 e. The largest absolute Gasteiger partial charge is 0.396 e. The molecule has 106 valence electrons. The van der Waals surface area contributed by atoms with Gasteiger partial charge in [0, 0.05) is 24.6 Å². The van der Waals surface area contributed by atoms with Gasteiger partial charge in [-0.25, -0.2) is 4.98 Å². The van der Waals surface area contributed by atoms with Crippen LogP contribution in [0.3, 0.4) is 0 Å². The molecule has 1 fully saturated rings. The van der Waals surface area contributed by atoms with Gasteiger partial charge in [0.1, 0.15) is 11.9 Å². The van der Waals surface area contributed by atoms with E-state index in [4.69, 9.17) is 5.26 Å². The lowest BCUT2D eigenvalue weighted by molar-refractivity contribution is -0.385. The van der Waals surface area contributed by atoms with Crippen LogP contribution in [0.5, 0.6) is 0 Å². The lowest BCUT2D eigenvalue weighted by atomic mass is 9.85. The van der Waals surface area contributed by atoms with E-state index in [0.29, 0.717) is 5.82 Å². The van der Waals surface area contributed by atoms with Crippen molar-refractivity contribution in [2.45, 2.75) is 31.7 Å². The molecule has 1 aliphatic carbocycles. The second kappa shape index (κ2) is 6.30. The summed E-state index contributed by atoms with van der Waals surface area (Å²) in [5.74, 6) is 0.601. The van der Waals surface area contributed by atoms with Crippen molar-refractivity contribution in [2.75, 3.05) is 11.9 Å². The molecule has 1 heterocycles. The van der Waals surface area contributed by atoms with Crippen LogP contribution in [0.2, 0.25) is 0 Å². The topological polar surface area (TPSA) is 112 Å². The van der Waals surface area contributed by atoms with E-state index in [1.165, 1.54) is 12.1 Å². The van der Waals surface area contributed by atoms with Crippen LogP contribution in [0.25, 0.3) is 0 Å². The van der Waals surface area contributed by atoms with E-state index in [-0.39, 0.29) is 29.9 Å². The average molecular weight is 276 g/mol. The molecule has 2 atom stereocenters. The Bertz CT molecular complexity index is 541. The standard InChI is InChI=1S/C13H16N4O3/c14-7-11-12(17(19)20)5-6-13(16-11)15-10-4-2-1-3-9(10)8-18/h5-6,9-10,18H,1-4,8H2,(H,15,16). The highest BCUT2D eigenvalue weighted by molar-refractivity contribution is 5.50. The third-order valence-electron chi connectivity index (χ3n) is 3.65. The SMILES string of the molecule is N#Cc1nc(NC2CCCCC2CO)ccc1[N+](=O)[O-]. The normalized spacial score (nSPS) is 22.0.